The maximum absolute atomic E-state index is 13.6. The summed E-state index contributed by atoms with van der Waals surface area (Å²) in [5, 5.41) is 2.91. The van der Waals surface area contributed by atoms with Gasteiger partial charge in [0.2, 0.25) is 0 Å². The number of aromatic nitrogens is 1. The first-order valence-electron chi connectivity index (χ1n) is 14.2. The van der Waals surface area contributed by atoms with Crippen LogP contribution in [0.5, 0.6) is 17.2 Å². The van der Waals surface area contributed by atoms with Gasteiger partial charge >= 0.3 is 0 Å². The summed E-state index contributed by atoms with van der Waals surface area (Å²) in [5.41, 5.74) is 2.31. The molecule has 0 unspecified atom stereocenters. The number of hydrogen-bond donors (Lipinski definition) is 1. The number of nitrogens with one attached hydrogen (secondary N) is 1. The molecule has 1 atom stereocenters. The van der Waals surface area contributed by atoms with E-state index in [-0.39, 0.29) is 29.7 Å². The molecule has 8 heteroatoms. The molecule has 1 aromatic heterocycles. The zero-order chi connectivity index (χ0) is 29.5. The van der Waals surface area contributed by atoms with E-state index in [1.807, 2.05) is 61.2 Å². The number of carbonyl (C=O) groups excluding carboxylic acids is 2. The Morgan fingerprint density at radius 2 is 1.74 bits per heavy atom. The van der Waals surface area contributed by atoms with Crippen LogP contribution in [0.3, 0.4) is 0 Å². The molecule has 2 amide bonds. The molecule has 1 N–H and O–H groups in total. The van der Waals surface area contributed by atoms with Crippen molar-refractivity contribution in [2.24, 2.45) is 0 Å². The number of rotatable bonds is 9. The van der Waals surface area contributed by atoms with Crippen LogP contribution in [0.15, 0.2) is 97.2 Å². The molecule has 1 aliphatic heterocycles. The molecular formula is C34H36N4O4. The summed E-state index contributed by atoms with van der Waals surface area (Å²) in [6.07, 6.45) is 2.01. The summed E-state index contributed by atoms with van der Waals surface area (Å²) in [6, 6.07) is 28.2. The van der Waals surface area contributed by atoms with E-state index in [1.54, 1.807) is 42.6 Å². The first-order valence-corrected chi connectivity index (χ1v) is 14.2. The average Bonchev–Trinajstić information content (AvgIpc) is 2.99. The topological polar surface area (TPSA) is 84.0 Å². The highest BCUT2D eigenvalue weighted by Crippen LogP contribution is 2.34. The van der Waals surface area contributed by atoms with Gasteiger partial charge in [0.25, 0.3) is 11.8 Å². The summed E-state index contributed by atoms with van der Waals surface area (Å²) in [5.74, 6) is 1.49. The Labute approximate surface area is 246 Å². The lowest BCUT2D eigenvalue weighted by molar-refractivity contribution is 0.0595. The molecule has 0 saturated carbocycles. The van der Waals surface area contributed by atoms with Gasteiger partial charge in [0, 0.05) is 38.3 Å². The molecule has 42 heavy (non-hydrogen) atoms. The smallest absolute Gasteiger partial charge is 0.274 e. The Bertz CT molecular complexity index is 1490. The van der Waals surface area contributed by atoms with Crippen molar-refractivity contribution in [3.63, 3.8) is 0 Å². The zero-order valence-corrected chi connectivity index (χ0v) is 24.2. The van der Waals surface area contributed by atoms with E-state index in [2.05, 4.69) is 34.4 Å². The van der Waals surface area contributed by atoms with Gasteiger partial charge in [0.1, 0.15) is 23.3 Å². The van der Waals surface area contributed by atoms with Crippen molar-refractivity contribution < 1.29 is 19.1 Å². The third-order valence-corrected chi connectivity index (χ3v) is 7.12. The minimum atomic E-state index is -0.365. The van der Waals surface area contributed by atoms with Gasteiger partial charge in [-0.05, 0) is 75.0 Å². The predicted molar refractivity (Wildman–Crippen MR) is 163 cm³/mol. The van der Waals surface area contributed by atoms with Crippen molar-refractivity contribution in [3.8, 4) is 17.2 Å². The quantitative estimate of drug-likeness (QED) is 0.258. The Balaban J connectivity index is 1.32. The number of nitrogens with zero attached hydrogens (tertiary/aromatic N) is 3. The maximum atomic E-state index is 13.6. The number of hydrogen-bond acceptors (Lipinski definition) is 6. The van der Waals surface area contributed by atoms with Crippen molar-refractivity contribution in [3.05, 3.63) is 114 Å². The molecule has 3 aromatic carbocycles. The lowest BCUT2D eigenvalue weighted by Gasteiger charge is -2.34. The highest BCUT2D eigenvalue weighted by Gasteiger charge is 2.30. The summed E-state index contributed by atoms with van der Waals surface area (Å²) < 4.78 is 12.5. The Morgan fingerprint density at radius 1 is 1.00 bits per heavy atom. The molecule has 0 radical (unpaired) electrons. The summed E-state index contributed by atoms with van der Waals surface area (Å²) >= 11 is 0. The number of carbonyl (C=O) groups is 2. The molecule has 2 heterocycles. The van der Waals surface area contributed by atoms with E-state index in [1.165, 1.54) is 0 Å². The van der Waals surface area contributed by atoms with E-state index in [9.17, 15) is 9.59 Å². The van der Waals surface area contributed by atoms with Crippen LogP contribution in [-0.2, 0) is 6.54 Å². The lowest BCUT2D eigenvalue weighted by Crippen LogP contribution is -2.44. The monoisotopic (exact) mass is 564 g/mol. The molecule has 1 aliphatic rings. The van der Waals surface area contributed by atoms with Gasteiger partial charge in [-0.3, -0.25) is 19.5 Å². The first-order chi connectivity index (χ1) is 20.4. The number of anilines is 1. The van der Waals surface area contributed by atoms with Crippen LogP contribution < -0.4 is 14.8 Å². The number of ether oxygens (including phenoxy) is 2. The largest absolute Gasteiger partial charge is 0.486 e. The van der Waals surface area contributed by atoms with Gasteiger partial charge in [-0.2, -0.15) is 0 Å². The fourth-order valence-corrected chi connectivity index (χ4v) is 5.01. The Hall–Kier alpha value is -4.69. The van der Waals surface area contributed by atoms with Gasteiger partial charge in [-0.15, -0.1) is 0 Å². The Kier molecular flexibility index (Phi) is 9.14. The van der Waals surface area contributed by atoms with Crippen molar-refractivity contribution in [2.75, 3.05) is 25.5 Å². The second kappa shape index (κ2) is 13.3. The van der Waals surface area contributed by atoms with Crippen LogP contribution in [0.2, 0.25) is 0 Å². The van der Waals surface area contributed by atoms with Gasteiger partial charge in [0.05, 0.1) is 11.3 Å². The number of fused-ring (bicyclic) bond motifs is 1. The molecule has 5 rings (SSSR count). The second-order valence-corrected chi connectivity index (χ2v) is 10.7. The van der Waals surface area contributed by atoms with Crippen molar-refractivity contribution in [2.45, 2.75) is 39.0 Å². The van der Waals surface area contributed by atoms with E-state index < -0.39 is 0 Å². The van der Waals surface area contributed by atoms with Crippen LogP contribution in [0.4, 0.5) is 5.69 Å². The minimum Gasteiger partial charge on any atom is -0.486 e. The fourth-order valence-electron chi connectivity index (χ4n) is 5.01. The molecule has 0 saturated heterocycles. The molecule has 0 fully saturated rings. The SMILES string of the molecule is CC(C)N1CC[C@@H](CN(C)Cc2ccc(Oc3ccccc3)cc2)Oc2c(NC(=O)c3ccccn3)cccc2C1=O. The lowest BCUT2D eigenvalue weighted by atomic mass is 10.1. The number of likely N-dealkylation sites (N-methyl/N-ethyl adjacent to an activating group) is 1. The maximum Gasteiger partial charge on any atom is 0.274 e. The van der Waals surface area contributed by atoms with Crippen LogP contribution >= 0.6 is 0 Å². The van der Waals surface area contributed by atoms with Gasteiger partial charge in [0.15, 0.2) is 5.75 Å². The van der Waals surface area contributed by atoms with E-state index in [4.69, 9.17) is 9.47 Å². The third kappa shape index (κ3) is 7.14. The second-order valence-electron chi connectivity index (χ2n) is 10.7. The molecular weight excluding hydrogens is 528 g/mol. The van der Waals surface area contributed by atoms with Crippen molar-refractivity contribution in [1.29, 1.82) is 0 Å². The minimum absolute atomic E-state index is 0.0187. The molecule has 8 nitrogen and oxygen atoms in total. The van der Waals surface area contributed by atoms with Crippen molar-refractivity contribution in [1.82, 2.24) is 14.8 Å². The molecule has 216 valence electrons. The summed E-state index contributed by atoms with van der Waals surface area (Å²) in [6.45, 7) is 5.94. The molecule has 0 aliphatic carbocycles. The van der Waals surface area contributed by atoms with E-state index >= 15 is 0 Å². The number of amides is 2. The predicted octanol–water partition coefficient (Wildman–Crippen LogP) is 6.26. The molecule has 0 spiro atoms. The van der Waals surface area contributed by atoms with Crippen LogP contribution in [-0.4, -0.2) is 58.9 Å². The summed E-state index contributed by atoms with van der Waals surface area (Å²) in [4.78, 5) is 34.7. The molecule has 4 aromatic rings. The third-order valence-electron chi connectivity index (χ3n) is 7.12. The molecule has 0 bridgehead atoms. The van der Waals surface area contributed by atoms with Gasteiger partial charge < -0.3 is 19.7 Å². The van der Waals surface area contributed by atoms with E-state index in [0.717, 1.165) is 17.1 Å². The standard InChI is InChI=1S/C34H36N4O4/c1-24(2)38-21-19-28(23-37(3)22-25-15-17-27(18-16-25)41-26-10-5-4-6-11-26)42-32-29(34(38)40)12-9-14-30(32)36-33(39)31-13-7-8-20-35-31/h4-18,20,24,28H,19,21-23H2,1-3H3,(H,36,39)/t28-/m0/s1. The number of para-hydroxylation sites is 2. The Morgan fingerprint density at radius 3 is 2.45 bits per heavy atom. The highest BCUT2D eigenvalue weighted by atomic mass is 16.5. The normalized spacial score (nSPS) is 15.0. The van der Waals surface area contributed by atoms with Gasteiger partial charge in [-0.1, -0.05) is 42.5 Å². The summed E-state index contributed by atoms with van der Waals surface area (Å²) in [7, 11) is 2.05. The van der Waals surface area contributed by atoms with Crippen LogP contribution in [0, 0.1) is 0 Å². The number of pyridine rings is 1. The van der Waals surface area contributed by atoms with E-state index in [0.29, 0.717) is 43.1 Å². The van der Waals surface area contributed by atoms with Crippen LogP contribution in [0.1, 0.15) is 46.7 Å². The van der Waals surface area contributed by atoms with Crippen LogP contribution in [0.25, 0.3) is 0 Å². The zero-order valence-electron chi connectivity index (χ0n) is 24.2. The van der Waals surface area contributed by atoms with Gasteiger partial charge in [-0.25, -0.2) is 0 Å². The fraction of sp³-hybridized carbons (Fsp3) is 0.265. The number of benzene rings is 3. The van der Waals surface area contributed by atoms with Crippen molar-refractivity contribution >= 4 is 17.5 Å². The highest BCUT2D eigenvalue weighted by molar-refractivity contribution is 6.06. The first kappa shape index (κ1) is 28.8. The average molecular weight is 565 g/mol.